The van der Waals surface area contributed by atoms with E-state index in [-0.39, 0.29) is 29.7 Å². The maximum Gasteiger partial charge on any atom is 0.498 e. The first-order valence-corrected chi connectivity index (χ1v) is 23.5. The Kier molecular flexibility index (Phi) is 16.1. The van der Waals surface area contributed by atoms with Crippen molar-refractivity contribution >= 4 is 102 Å². The molecule has 0 unspecified atom stereocenters. The predicted molar refractivity (Wildman–Crippen MR) is 288 cm³/mol. The van der Waals surface area contributed by atoms with Gasteiger partial charge in [0, 0.05) is 95.4 Å². The molecule has 1 fully saturated rings. The Balaban J connectivity index is 0.000000139. The average Bonchev–Trinajstić information content (AvgIpc) is 4.21. The Labute approximate surface area is 434 Å². The van der Waals surface area contributed by atoms with E-state index in [9.17, 15) is 4.79 Å². The van der Waals surface area contributed by atoms with Crippen molar-refractivity contribution in [1.82, 2.24) is 69.4 Å². The second-order valence-electron chi connectivity index (χ2n) is 17.0. The van der Waals surface area contributed by atoms with Crippen LogP contribution in [0.4, 0.5) is 29.0 Å². The van der Waals surface area contributed by atoms with Crippen LogP contribution in [0.2, 0.25) is 0 Å². The summed E-state index contributed by atoms with van der Waals surface area (Å²) in [4.78, 5) is 49.8. The number of aromatic amines is 2. The minimum Gasteiger partial charge on any atom is -0.478 e. The fraction of sp³-hybridized carbons (Fsp3) is 0.170. The van der Waals surface area contributed by atoms with Crippen LogP contribution in [0.5, 0.6) is 0 Å². The van der Waals surface area contributed by atoms with Crippen LogP contribution < -0.4 is 34.1 Å². The number of pyridine rings is 6. The Hall–Kier alpha value is -8.33. The zero-order valence-corrected chi connectivity index (χ0v) is 43.4. The Morgan fingerprint density at radius 1 is 0.616 bits per heavy atom. The third-order valence-electron chi connectivity index (χ3n) is 11.1. The number of hydrogen-bond acceptors (Lipinski definition) is 18. The van der Waals surface area contributed by atoms with E-state index >= 15 is 0 Å². The molecular weight excluding hydrogens is 1070 g/mol. The number of nitrogens with two attached hydrogens (primary N) is 5. The Morgan fingerprint density at radius 3 is 1.60 bits per heavy atom. The van der Waals surface area contributed by atoms with Gasteiger partial charge in [0.25, 0.3) is 0 Å². The van der Waals surface area contributed by atoms with Gasteiger partial charge in [-0.15, -0.1) is 0 Å². The van der Waals surface area contributed by atoms with Gasteiger partial charge in [-0.25, -0.2) is 44.7 Å². The predicted octanol–water partition coefficient (Wildman–Crippen LogP) is 6.46. The third kappa shape index (κ3) is 13.0. The van der Waals surface area contributed by atoms with Gasteiger partial charge in [0.15, 0.2) is 11.3 Å². The number of carboxylic acids is 1. The van der Waals surface area contributed by atoms with Crippen LogP contribution in [0, 0.1) is 0 Å². The molecule has 26 heteroatoms. The van der Waals surface area contributed by atoms with E-state index < -0.39 is 5.97 Å². The smallest absolute Gasteiger partial charge is 0.478 e. The van der Waals surface area contributed by atoms with Gasteiger partial charge in [-0.1, -0.05) is 0 Å². The van der Waals surface area contributed by atoms with E-state index in [1.165, 1.54) is 12.3 Å². The standard InChI is InChI=1S/C15H13N7.C11H8BrN5.C10H17BN2O2.C6H5BrN2O2.C5H7N3/c1-22-8-10(7-19-22)9-5-11(13(16)18-6-9)14-20-12-3-2-4-17-15(12)21-14;12-6-4-7(9(13)15-5-6)10-16-8-2-1-3-14-11(8)17-10;1-9(2)10(3,4)15-11(14-9)8-6-12-13(5)7-8;7-3-1-4(6(10)11)5(8)9-2-3;6-4-2-1-3-8-5(4)7/h2-8H,1H3,(H2,16,18)(H,17,20,21);1-5H,(H2,13,15)(H,14,16,17);6-7H,1-5H3;1-2H,(H2,8,9)(H,10,11);1-3H,6H2,(H2,7,8). The lowest BCUT2D eigenvalue weighted by atomic mass is 9.82. The van der Waals surface area contributed by atoms with Crippen molar-refractivity contribution in [2.24, 2.45) is 14.1 Å². The van der Waals surface area contributed by atoms with Crippen LogP contribution in [0.25, 0.3) is 56.2 Å². The highest BCUT2D eigenvalue weighted by Crippen LogP contribution is 2.36. The molecule has 11 heterocycles. The molecule has 1 aliphatic heterocycles. The van der Waals surface area contributed by atoms with Crippen LogP contribution in [0.1, 0.15) is 38.1 Å². The summed E-state index contributed by atoms with van der Waals surface area (Å²) in [5.74, 6) is 1.54. The summed E-state index contributed by atoms with van der Waals surface area (Å²) in [5.41, 5.74) is 35.2. The summed E-state index contributed by atoms with van der Waals surface area (Å²) in [6.07, 6.45) is 17.3. The molecule has 0 aliphatic carbocycles. The molecule has 1 aliphatic rings. The van der Waals surface area contributed by atoms with Crippen LogP contribution >= 0.6 is 31.9 Å². The van der Waals surface area contributed by atoms with Crippen molar-refractivity contribution in [3.63, 3.8) is 0 Å². The van der Waals surface area contributed by atoms with Crippen molar-refractivity contribution in [2.75, 3.05) is 28.7 Å². The topological polar surface area (TPSA) is 356 Å². The molecular formula is C47H50BBr2N19O4. The second-order valence-corrected chi connectivity index (χ2v) is 18.8. The largest absolute Gasteiger partial charge is 0.498 e. The number of rotatable bonds is 5. The number of nitrogen functional groups attached to an aromatic ring is 5. The molecule has 0 atom stereocenters. The number of halogens is 2. The maximum absolute atomic E-state index is 10.4. The fourth-order valence-corrected chi connectivity index (χ4v) is 7.23. The molecule has 73 heavy (non-hydrogen) atoms. The summed E-state index contributed by atoms with van der Waals surface area (Å²) in [5, 5.41) is 16.8. The number of aryl methyl sites for hydroxylation is 2. The summed E-state index contributed by atoms with van der Waals surface area (Å²) >= 11 is 6.45. The first-order chi connectivity index (χ1) is 34.7. The molecule has 0 saturated carbocycles. The number of aromatic nitrogens is 14. The van der Waals surface area contributed by atoms with E-state index in [0.29, 0.717) is 50.6 Å². The number of carbonyl (C=O) groups is 1. The van der Waals surface area contributed by atoms with E-state index in [0.717, 1.165) is 43.2 Å². The molecule has 1 saturated heterocycles. The lowest BCUT2D eigenvalue weighted by Crippen LogP contribution is -2.41. The quantitative estimate of drug-likeness (QED) is 0.0857. The van der Waals surface area contributed by atoms with Gasteiger partial charge in [0.2, 0.25) is 0 Å². The van der Waals surface area contributed by atoms with Gasteiger partial charge in [-0.3, -0.25) is 9.36 Å². The van der Waals surface area contributed by atoms with Gasteiger partial charge in [-0.05, 0) is 114 Å². The number of fused-ring (bicyclic) bond motifs is 2. The zero-order chi connectivity index (χ0) is 52.6. The molecule has 0 radical (unpaired) electrons. The number of aromatic carboxylic acids is 1. The van der Waals surface area contributed by atoms with Crippen molar-refractivity contribution < 1.29 is 19.2 Å². The molecule has 0 amide bonds. The van der Waals surface area contributed by atoms with Crippen LogP contribution in [0.3, 0.4) is 0 Å². The van der Waals surface area contributed by atoms with Crippen molar-refractivity contribution in [3.8, 4) is 33.9 Å². The minimum atomic E-state index is -1.07. The minimum absolute atomic E-state index is 0.0133. The Morgan fingerprint density at radius 2 is 1.12 bits per heavy atom. The number of imidazole rings is 2. The SMILES string of the molecule is Cn1cc(-c2cnc(N)c(-c3nc4ncccc4[nH]3)c2)cn1.Cn1cc(B2OC(C)(C)C(C)(C)O2)cn1.Nc1cccnc1N.Nc1ncc(Br)cc1-c1nc2ncccc2[nH]1.Nc1ncc(Br)cc1C(=O)O. The highest BCUT2D eigenvalue weighted by Gasteiger charge is 2.52. The Bertz CT molecular complexity index is 3420. The van der Waals surface area contributed by atoms with E-state index in [1.54, 1.807) is 64.9 Å². The van der Waals surface area contributed by atoms with Crippen LogP contribution in [-0.4, -0.2) is 98.8 Å². The first kappa shape index (κ1) is 52.5. The van der Waals surface area contributed by atoms with Gasteiger partial charge >= 0.3 is 13.1 Å². The lowest BCUT2D eigenvalue weighted by molar-refractivity contribution is 0.00578. The summed E-state index contributed by atoms with van der Waals surface area (Å²) < 4.78 is 16.7. The normalized spacial score (nSPS) is 13.1. The highest BCUT2D eigenvalue weighted by atomic mass is 79.9. The van der Waals surface area contributed by atoms with E-state index in [1.807, 2.05) is 90.6 Å². The van der Waals surface area contributed by atoms with E-state index in [2.05, 4.69) is 91.9 Å². The second kappa shape index (κ2) is 22.4. The highest BCUT2D eigenvalue weighted by molar-refractivity contribution is 9.10. The third-order valence-corrected chi connectivity index (χ3v) is 12.0. The molecule has 10 aromatic rings. The maximum atomic E-state index is 10.4. The fourth-order valence-electron chi connectivity index (χ4n) is 6.57. The molecule has 11 rings (SSSR count). The summed E-state index contributed by atoms with van der Waals surface area (Å²) in [6.45, 7) is 8.18. The van der Waals surface area contributed by atoms with Crippen molar-refractivity contribution in [2.45, 2.75) is 38.9 Å². The summed E-state index contributed by atoms with van der Waals surface area (Å²) in [7, 11) is 3.46. The van der Waals surface area contributed by atoms with Crippen LogP contribution in [-0.2, 0) is 23.4 Å². The van der Waals surface area contributed by atoms with Gasteiger partial charge in [0.05, 0.1) is 45.2 Å². The average molecular weight is 1120 g/mol. The zero-order valence-electron chi connectivity index (χ0n) is 40.2. The number of hydrogen-bond donors (Lipinski definition) is 8. The van der Waals surface area contributed by atoms with E-state index in [4.69, 9.17) is 43.1 Å². The molecule has 23 nitrogen and oxygen atoms in total. The number of H-pyrrole nitrogens is 2. The lowest BCUT2D eigenvalue weighted by Gasteiger charge is -2.32. The van der Waals surface area contributed by atoms with Crippen LogP contribution in [0.15, 0.2) is 126 Å². The van der Waals surface area contributed by atoms with Crippen molar-refractivity contribution in [3.05, 3.63) is 131 Å². The monoisotopic (exact) mass is 1110 g/mol. The number of nitrogens with zero attached hydrogens (tertiary/aromatic N) is 12. The first-order valence-electron chi connectivity index (χ1n) is 21.9. The van der Waals surface area contributed by atoms with Gasteiger partial charge in [-0.2, -0.15) is 10.2 Å². The molecule has 13 N–H and O–H groups in total. The van der Waals surface area contributed by atoms with Crippen molar-refractivity contribution in [1.29, 1.82) is 0 Å². The molecule has 0 spiro atoms. The molecule has 10 aromatic heterocycles. The molecule has 374 valence electrons. The molecule has 0 bridgehead atoms. The van der Waals surface area contributed by atoms with Gasteiger partial charge in [0.1, 0.15) is 40.5 Å². The number of carboxylic acid groups (broad SMARTS) is 1. The number of anilines is 5. The van der Waals surface area contributed by atoms with Gasteiger partial charge < -0.3 is 53.1 Å². The number of nitrogens with one attached hydrogen (secondary N) is 2. The molecule has 0 aromatic carbocycles. The summed E-state index contributed by atoms with van der Waals surface area (Å²) in [6, 6.07) is 16.2.